The molecule has 0 rings (SSSR count). The fraction of sp³-hybridized carbons (Fsp3) is 0.711. The Labute approximate surface area is 829 Å². The Morgan fingerprint density at radius 3 is 1.01 bits per heavy atom. The van der Waals surface area contributed by atoms with Crippen LogP contribution in [0.3, 0.4) is 0 Å². The van der Waals surface area contributed by atoms with Gasteiger partial charge in [-0.15, -0.1) is 0 Å². The molecule has 21 atom stereocenters. The van der Waals surface area contributed by atoms with Gasteiger partial charge in [0.1, 0.15) is 103 Å². The normalized spacial score (nSPS) is 15.5. The number of nitrogens with zero attached hydrogens (tertiary/aromatic N) is 1. The van der Waals surface area contributed by atoms with Crippen molar-refractivity contribution in [2.24, 2.45) is 17.6 Å². The number of carbonyl (C=O) groups is 24. The SMILES string of the molecule is CC[C@H](C)[C@H](NC(=O)[C@H](CCC(=O)O)NC(=O)[C@H](CO)NC(=O)[C@H](CO)NC(=O)[C@@H](NC(=O)[C@H](CC(=O)O)NC(=O)[C@@H](NC(=O)[C@H](C)NC(=O)[C@H](C)NC(=O)[C@H](CC(=O)O)NC(=O)[C@H](CO)NC(C)=O)C(C)C)[C@@H](C)O)C(=O)N[C@H](C(=O)N[C@H](C(=O)N[C@@H](CCCCN)C(=O)NCCCC[C@H](NC(=O)[C@H](CS)NC(=O)[C@H](CO)NC(=O)CN(C)C)C(=O)NCCCCCC(=O)O)[C@@H](C)O)[C@@H](C)O.O=C(O)C(F)(F)F. The molecule has 144 heavy (non-hydrogen) atoms. The Bertz CT molecular complexity index is 4310. The van der Waals surface area contributed by atoms with E-state index in [1.807, 2.05) is 21.3 Å². The number of halogens is 3. The standard InChI is InChI=1S/C81H139N21O34S.C2HF3O2/c1-13-38(4)61(78(133)100-64(43(9)109)81(136)101-63(42(8)108)79(134)91-46(21-16-18-26-82)68(123)84-28-20-17-22-45(67(122)83-27-19-14-15-23-56(112)113)89-76(131)54(36-137)96-73(128)51(33-104)88-55(111)31-102(11)12)98-69(124)47(24-25-57(114)115)90-74(129)52(34-105)94-75(130)53(35-106)95-80(135)62(41(7)107)99-71(126)49(30-59(118)119)93-77(132)60(37(2)3)97-66(121)40(6)85-65(120)39(5)86-70(125)48(29-58(116)117)92-72(127)50(32-103)87-44(10)110;3-2(4,5)1(6)7/h37-43,45-54,60-64,103-109,137H,13-36,82H2,1-12H3,(H,83,122)(H,84,123)(H,85,120)(H,86,125)(H,87,110)(H,88,111)(H,89,131)(H,90,129)(H,91,134)(H,92,127)(H,93,132)(H,94,130)(H,95,135)(H,96,128)(H,97,121)(H,98,124)(H,99,126)(H,100,133)(H,101,136)(H,112,113)(H,114,115)(H,116,117)(H,118,119);(H,6,7)/t38-,39-,40-,41+,42+,43+,45-,46-,47-,48-,49-,50-,51-,52-,53-,54-,60-,61-,62-,63-,64-;/m0./s1. The van der Waals surface area contributed by atoms with Crippen LogP contribution in [0.5, 0.6) is 0 Å². The van der Waals surface area contributed by atoms with Gasteiger partial charge in [0, 0.05) is 38.6 Å². The number of hydrogen-bond acceptors (Lipinski definition) is 34. The number of carboxylic acid groups (broad SMARTS) is 5. The maximum absolute atomic E-state index is 14.3. The fourth-order valence-corrected chi connectivity index (χ4v) is 12.7. The molecule has 0 aromatic carbocycles. The molecule has 0 fully saturated rings. The van der Waals surface area contributed by atoms with E-state index in [0.29, 0.717) is 25.7 Å². The molecule has 0 heterocycles. The van der Waals surface area contributed by atoms with Gasteiger partial charge in [0.25, 0.3) is 0 Å². The molecule has 0 aliphatic carbocycles. The van der Waals surface area contributed by atoms with E-state index in [4.69, 9.17) is 20.7 Å². The number of nitrogens with two attached hydrogens (primary N) is 1. The number of amides is 19. The zero-order valence-corrected chi connectivity index (χ0v) is 82.3. The predicted octanol–water partition coefficient (Wildman–Crippen LogP) is -12.8. The lowest BCUT2D eigenvalue weighted by atomic mass is 9.96. The average Bonchev–Trinajstić information content (AvgIpc) is 0.840. The quantitative estimate of drug-likeness (QED) is 0.0199. The topological polar surface area (TPSA) is 910 Å². The summed E-state index contributed by atoms with van der Waals surface area (Å²) in [6, 6.07) is -30.2. The van der Waals surface area contributed by atoms with Crippen LogP contribution in [-0.2, 0) is 115 Å². The summed E-state index contributed by atoms with van der Waals surface area (Å²) in [7, 11) is 3.18. The number of carboxylic acids is 5. The Kier molecular flexibility index (Phi) is 63.9. The van der Waals surface area contributed by atoms with E-state index in [-0.39, 0.29) is 76.9 Å². The summed E-state index contributed by atoms with van der Waals surface area (Å²) in [4.78, 5) is 314. The molecule has 61 heteroatoms. The Morgan fingerprint density at radius 2 is 0.632 bits per heavy atom. The predicted molar refractivity (Wildman–Crippen MR) is 494 cm³/mol. The number of unbranched alkanes of at least 4 members (excludes halogenated alkanes) is 4. The van der Waals surface area contributed by atoms with Crippen LogP contribution in [0.4, 0.5) is 13.2 Å². The van der Waals surface area contributed by atoms with Crippen LogP contribution in [0.25, 0.3) is 0 Å². The largest absolute Gasteiger partial charge is 0.490 e. The first kappa shape index (κ1) is 133. The molecule has 0 aromatic rings. The number of hydrogen-bond donors (Lipinski definition) is 33. The minimum Gasteiger partial charge on any atom is -0.481 e. The van der Waals surface area contributed by atoms with Crippen LogP contribution in [0.1, 0.15) is 166 Å². The molecular weight excluding hydrogens is 1960 g/mol. The summed E-state index contributed by atoms with van der Waals surface area (Å²) in [5, 5.41) is 161. The summed E-state index contributed by atoms with van der Waals surface area (Å²) in [5.74, 6) is -32.3. The number of likely N-dealkylation sites (N-methyl/N-ethyl adjacent to an activating group) is 1. The van der Waals surface area contributed by atoms with Gasteiger partial charge >= 0.3 is 36.0 Å². The van der Waals surface area contributed by atoms with Crippen LogP contribution in [0.15, 0.2) is 0 Å². The minimum absolute atomic E-state index is 0.0485. The number of nitrogens with one attached hydrogen (secondary N) is 19. The molecule has 0 aliphatic heterocycles. The summed E-state index contributed by atoms with van der Waals surface area (Å²) in [5.41, 5.74) is 5.73. The van der Waals surface area contributed by atoms with Gasteiger partial charge in [-0.1, -0.05) is 40.5 Å². The van der Waals surface area contributed by atoms with E-state index in [1.165, 1.54) is 25.7 Å². The second-order valence-corrected chi connectivity index (χ2v) is 34.1. The smallest absolute Gasteiger partial charge is 0.481 e. The van der Waals surface area contributed by atoms with Crippen molar-refractivity contribution in [1.29, 1.82) is 0 Å². The Hall–Kier alpha value is -12.9. The monoisotopic (exact) mass is 2100 g/mol. The lowest BCUT2D eigenvalue weighted by Gasteiger charge is -2.30. The molecule has 0 aliphatic rings. The molecule has 0 saturated carbocycles. The summed E-state index contributed by atoms with van der Waals surface area (Å²) in [6.07, 6.45) is -12.9. The van der Waals surface area contributed by atoms with Gasteiger partial charge in [0.2, 0.25) is 112 Å². The van der Waals surface area contributed by atoms with Crippen LogP contribution in [0.2, 0.25) is 0 Å². The zero-order chi connectivity index (χ0) is 111. The highest BCUT2D eigenvalue weighted by Crippen LogP contribution is 2.16. The lowest BCUT2D eigenvalue weighted by molar-refractivity contribution is -0.192. The van der Waals surface area contributed by atoms with Crippen LogP contribution >= 0.6 is 12.6 Å². The highest BCUT2D eigenvalue weighted by Gasteiger charge is 2.43. The minimum atomic E-state index is -5.08. The lowest BCUT2D eigenvalue weighted by Crippen LogP contribution is -2.64. The average molecular weight is 2100 g/mol. The first-order valence-electron chi connectivity index (χ1n) is 45.3. The highest BCUT2D eigenvalue weighted by molar-refractivity contribution is 7.80. The van der Waals surface area contributed by atoms with E-state index in [0.717, 1.165) is 41.5 Å². The van der Waals surface area contributed by atoms with E-state index in [1.54, 1.807) is 21.0 Å². The van der Waals surface area contributed by atoms with Crippen molar-refractivity contribution < 1.29 is 190 Å². The molecule has 57 nitrogen and oxygen atoms in total. The summed E-state index contributed by atoms with van der Waals surface area (Å²) >= 11 is 4.18. The van der Waals surface area contributed by atoms with Gasteiger partial charge in [0.15, 0.2) is 0 Å². The summed E-state index contributed by atoms with van der Waals surface area (Å²) < 4.78 is 31.7. The molecule has 0 spiro atoms. The zero-order valence-electron chi connectivity index (χ0n) is 81.4. The second-order valence-electron chi connectivity index (χ2n) is 33.8. The Balaban J connectivity index is 0. The number of aliphatic carboxylic acids is 5. The van der Waals surface area contributed by atoms with Crippen LogP contribution < -0.4 is 107 Å². The molecule has 0 aromatic heterocycles. The maximum atomic E-state index is 14.3. The van der Waals surface area contributed by atoms with Gasteiger partial charge in [-0.25, -0.2) is 4.79 Å². The Morgan fingerprint density at radius 1 is 0.333 bits per heavy atom. The van der Waals surface area contributed by atoms with E-state index >= 15 is 0 Å². The van der Waals surface area contributed by atoms with Crippen molar-refractivity contribution >= 4 is 155 Å². The van der Waals surface area contributed by atoms with Gasteiger partial charge < -0.3 is 173 Å². The van der Waals surface area contributed by atoms with Crippen LogP contribution in [-0.4, -0.2) is 408 Å². The van der Waals surface area contributed by atoms with Gasteiger partial charge in [-0.2, -0.15) is 25.8 Å². The number of rotatable bonds is 69. The maximum Gasteiger partial charge on any atom is 0.490 e. The third-order valence-corrected chi connectivity index (χ3v) is 21.1. The molecule has 33 N–H and O–H groups in total. The van der Waals surface area contributed by atoms with E-state index in [2.05, 4.69) is 92.4 Å². The second kappa shape index (κ2) is 69.1. The molecule has 0 saturated heterocycles. The molecule has 0 bridgehead atoms. The number of aliphatic hydroxyl groups is 7. The highest BCUT2D eigenvalue weighted by atomic mass is 32.1. The van der Waals surface area contributed by atoms with Crippen molar-refractivity contribution in [3.8, 4) is 0 Å². The molecule has 19 amide bonds. The molecule has 820 valence electrons. The third-order valence-electron chi connectivity index (χ3n) is 20.7. The first-order chi connectivity index (χ1) is 67.0. The van der Waals surface area contributed by atoms with Crippen molar-refractivity contribution in [2.75, 3.05) is 72.5 Å². The van der Waals surface area contributed by atoms with Crippen molar-refractivity contribution in [1.82, 2.24) is 106 Å². The van der Waals surface area contributed by atoms with Gasteiger partial charge in [0.05, 0.1) is 64.1 Å². The van der Waals surface area contributed by atoms with Crippen LogP contribution in [0, 0.1) is 11.8 Å². The number of aliphatic hydroxyl groups excluding tert-OH is 7. The molecule has 0 unspecified atom stereocenters. The molecular formula is C83H140F3N21O36S. The van der Waals surface area contributed by atoms with Gasteiger partial charge in [-0.3, -0.25) is 110 Å². The number of thiol groups is 1. The first-order valence-corrected chi connectivity index (χ1v) is 46.0. The van der Waals surface area contributed by atoms with Crippen molar-refractivity contribution in [2.45, 2.75) is 293 Å². The van der Waals surface area contributed by atoms with E-state index < -0.39 is 333 Å². The van der Waals surface area contributed by atoms with Crippen molar-refractivity contribution in [3.63, 3.8) is 0 Å². The third kappa shape index (κ3) is 52.9. The van der Waals surface area contributed by atoms with E-state index in [9.17, 15) is 175 Å². The summed E-state index contributed by atoms with van der Waals surface area (Å²) in [6.45, 7) is 7.39. The van der Waals surface area contributed by atoms with Crippen molar-refractivity contribution in [3.05, 3.63) is 0 Å². The fourth-order valence-electron chi connectivity index (χ4n) is 12.5. The van der Waals surface area contributed by atoms with Gasteiger partial charge in [-0.05, 0) is 125 Å². The molecule has 0 radical (unpaired) electrons. The number of alkyl halides is 3. The number of carbonyl (C=O) groups excluding carboxylic acids is 19.